The van der Waals surface area contributed by atoms with Crippen LogP contribution in [-0.4, -0.2) is 7.05 Å². The van der Waals surface area contributed by atoms with E-state index in [4.69, 9.17) is 0 Å². The number of hydrogen-bond acceptors (Lipinski definition) is 2. The van der Waals surface area contributed by atoms with Crippen LogP contribution in [0.3, 0.4) is 0 Å². The molecular weight excluding hydrogens is 208 g/mol. The van der Waals surface area contributed by atoms with Gasteiger partial charge in [0.25, 0.3) is 0 Å². The van der Waals surface area contributed by atoms with E-state index in [-0.39, 0.29) is 0 Å². The molecule has 0 N–H and O–H groups in total. The molecule has 0 amide bonds. The van der Waals surface area contributed by atoms with Crippen molar-refractivity contribution in [1.82, 2.24) is 0 Å². The molecule has 1 aliphatic rings. The normalized spacial score (nSPS) is 13.9. The van der Waals surface area contributed by atoms with Gasteiger partial charge < -0.3 is 9.80 Å². The topological polar surface area (TPSA) is 6.48 Å². The zero-order valence-electron chi connectivity index (χ0n) is 9.88. The monoisotopic (exact) mass is 223 g/mol. The number of fused-ring (bicyclic) bond motifs is 1. The molecule has 0 fully saturated rings. The van der Waals surface area contributed by atoms with E-state index in [1.165, 1.54) is 16.9 Å². The molecule has 1 radical (unpaired) electrons. The van der Waals surface area contributed by atoms with Crippen LogP contribution in [0.1, 0.15) is 5.56 Å². The zero-order chi connectivity index (χ0) is 11.7. The molecule has 0 saturated heterocycles. The lowest BCUT2D eigenvalue weighted by Crippen LogP contribution is -2.21. The van der Waals surface area contributed by atoms with Gasteiger partial charge in [-0.3, -0.25) is 0 Å². The summed E-state index contributed by atoms with van der Waals surface area (Å²) in [5.41, 5.74) is 3.87. The van der Waals surface area contributed by atoms with Crippen LogP contribution in [0.5, 0.6) is 0 Å². The van der Waals surface area contributed by atoms with Crippen molar-refractivity contribution >= 4 is 11.4 Å². The highest BCUT2D eigenvalue weighted by atomic mass is 15.4. The third-order valence-corrected chi connectivity index (χ3v) is 3.08. The van der Waals surface area contributed by atoms with E-state index in [2.05, 4.69) is 78.1 Å². The fraction of sp³-hybridized carbons (Fsp3) is 0.133. The second-order valence-corrected chi connectivity index (χ2v) is 4.33. The summed E-state index contributed by atoms with van der Waals surface area (Å²) >= 11 is 0. The Morgan fingerprint density at radius 3 is 2.24 bits per heavy atom. The van der Waals surface area contributed by atoms with Crippen molar-refractivity contribution in [3.05, 3.63) is 66.8 Å². The first-order valence-corrected chi connectivity index (χ1v) is 5.82. The number of nitrogens with zero attached hydrogens (tertiary/aromatic N) is 2. The van der Waals surface area contributed by atoms with Gasteiger partial charge in [-0.2, -0.15) is 0 Å². The van der Waals surface area contributed by atoms with Gasteiger partial charge >= 0.3 is 0 Å². The molecule has 0 aliphatic carbocycles. The van der Waals surface area contributed by atoms with Gasteiger partial charge in [0.1, 0.15) is 6.67 Å². The summed E-state index contributed by atoms with van der Waals surface area (Å²) in [7, 11) is 2.09. The summed E-state index contributed by atoms with van der Waals surface area (Å²) in [6.45, 7) is 3.07. The molecule has 0 bridgehead atoms. The van der Waals surface area contributed by atoms with Gasteiger partial charge in [-0.05, 0) is 17.7 Å². The third-order valence-electron chi connectivity index (χ3n) is 3.08. The highest BCUT2D eigenvalue weighted by Gasteiger charge is 2.22. The van der Waals surface area contributed by atoms with E-state index < -0.39 is 0 Å². The summed E-state index contributed by atoms with van der Waals surface area (Å²) in [5, 5.41) is 0. The SMILES string of the molecule is CN1[CH]N(Cc2ccccc2)c2ccccc21. The van der Waals surface area contributed by atoms with Gasteiger partial charge in [-0.15, -0.1) is 0 Å². The van der Waals surface area contributed by atoms with Crippen LogP contribution in [0.4, 0.5) is 11.4 Å². The summed E-state index contributed by atoms with van der Waals surface area (Å²) in [5.74, 6) is 0. The average Bonchev–Trinajstić information content (AvgIpc) is 2.69. The largest absolute Gasteiger partial charge is 0.349 e. The van der Waals surface area contributed by atoms with Crippen molar-refractivity contribution < 1.29 is 0 Å². The van der Waals surface area contributed by atoms with Gasteiger partial charge in [0.2, 0.25) is 0 Å². The molecule has 2 nitrogen and oxygen atoms in total. The number of anilines is 2. The molecule has 17 heavy (non-hydrogen) atoms. The minimum Gasteiger partial charge on any atom is -0.349 e. The Labute approximate surface area is 102 Å². The van der Waals surface area contributed by atoms with Crippen molar-refractivity contribution in [3.8, 4) is 0 Å². The first-order valence-electron chi connectivity index (χ1n) is 5.82. The van der Waals surface area contributed by atoms with Gasteiger partial charge in [0, 0.05) is 13.6 Å². The molecule has 0 atom stereocenters. The van der Waals surface area contributed by atoms with Crippen molar-refractivity contribution in [2.75, 3.05) is 16.8 Å². The lowest BCUT2D eigenvalue weighted by Gasteiger charge is -2.18. The lowest BCUT2D eigenvalue weighted by molar-refractivity contribution is 0.904. The second kappa shape index (κ2) is 4.13. The van der Waals surface area contributed by atoms with Crippen molar-refractivity contribution in [2.45, 2.75) is 6.54 Å². The van der Waals surface area contributed by atoms with Crippen LogP contribution in [0, 0.1) is 6.67 Å². The third kappa shape index (κ3) is 1.86. The summed E-state index contributed by atoms with van der Waals surface area (Å²) in [6, 6.07) is 19.0. The molecule has 0 spiro atoms. The first kappa shape index (κ1) is 10.2. The van der Waals surface area contributed by atoms with Crippen LogP contribution in [-0.2, 0) is 6.54 Å². The summed E-state index contributed by atoms with van der Waals surface area (Å²) in [6.07, 6.45) is 0. The smallest absolute Gasteiger partial charge is 0.142 e. The standard InChI is InChI=1S/C15H15N2/c1-16-12-17(11-13-7-3-2-4-8-13)15-10-6-5-9-14(15)16/h2-10,12H,11H2,1H3. The average molecular weight is 223 g/mol. The lowest BCUT2D eigenvalue weighted by atomic mass is 10.2. The number of para-hydroxylation sites is 2. The first-order chi connectivity index (χ1) is 8.34. The maximum atomic E-state index is 2.28. The maximum absolute atomic E-state index is 2.28. The zero-order valence-corrected chi connectivity index (χ0v) is 9.88. The minimum absolute atomic E-state index is 0.919. The molecule has 2 aromatic carbocycles. The van der Waals surface area contributed by atoms with E-state index >= 15 is 0 Å². The van der Waals surface area contributed by atoms with Crippen molar-refractivity contribution in [2.24, 2.45) is 0 Å². The predicted molar refractivity (Wildman–Crippen MR) is 71.8 cm³/mol. The summed E-state index contributed by atoms with van der Waals surface area (Å²) in [4.78, 5) is 4.45. The Balaban J connectivity index is 1.87. The summed E-state index contributed by atoms with van der Waals surface area (Å²) < 4.78 is 0. The van der Waals surface area contributed by atoms with E-state index in [1.54, 1.807) is 0 Å². The fourth-order valence-corrected chi connectivity index (χ4v) is 2.24. The molecule has 0 saturated carbocycles. The molecule has 2 aromatic rings. The Kier molecular flexibility index (Phi) is 2.48. The highest BCUT2D eigenvalue weighted by molar-refractivity contribution is 5.78. The molecule has 2 heteroatoms. The molecular formula is C15H15N2. The fourth-order valence-electron chi connectivity index (χ4n) is 2.24. The van der Waals surface area contributed by atoms with Crippen LogP contribution >= 0.6 is 0 Å². The Bertz CT molecular complexity index is 507. The second-order valence-electron chi connectivity index (χ2n) is 4.33. The molecule has 85 valence electrons. The molecule has 0 unspecified atom stereocenters. The Morgan fingerprint density at radius 1 is 0.824 bits per heavy atom. The molecule has 1 aliphatic heterocycles. The number of hydrogen-bond donors (Lipinski definition) is 0. The van der Waals surface area contributed by atoms with Crippen molar-refractivity contribution in [1.29, 1.82) is 0 Å². The maximum Gasteiger partial charge on any atom is 0.142 e. The highest BCUT2D eigenvalue weighted by Crippen LogP contribution is 2.37. The quantitative estimate of drug-likeness (QED) is 0.771. The Hall–Kier alpha value is -1.96. The van der Waals surface area contributed by atoms with Gasteiger partial charge in [-0.1, -0.05) is 42.5 Å². The van der Waals surface area contributed by atoms with Crippen LogP contribution in [0.25, 0.3) is 0 Å². The number of rotatable bonds is 2. The van der Waals surface area contributed by atoms with E-state index in [0.29, 0.717) is 0 Å². The molecule has 0 aromatic heterocycles. The van der Waals surface area contributed by atoms with E-state index in [0.717, 1.165) is 6.54 Å². The molecule has 3 rings (SSSR count). The van der Waals surface area contributed by atoms with Gasteiger partial charge in [0.15, 0.2) is 0 Å². The minimum atomic E-state index is 0.919. The van der Waals surface area contributed by atoms with E-state index in [1.807, 2.05) is 0 Å². The van der Waals surface area contributed by atoms with Crippen LogP contribution in [0.2, 0.25) is 0 Å². The van der Waals surface area contributed by atoms with Crippen LogP contribution in [0.15, 0.2) is 54.6 Å². The van der Waals surface area contributed by atoms with Gasteiger partial charge in [0.05, 0.1) is 11.4 Å². The van der Waals surface area contributed by atoms with Gasteiger partial charge in [-0.25, -0.2) is 0 Å². The van der Waals surface area contributed by atoms with Crippen molar-refractivity contribution in [3.63, 3.8) is 0 Å². The number of benzene rings is 2. The Morgan fingerprint density at radius 2 is 1.47 bits per heavy atom. The van der Waals surface area contributed by atoms with E-state index in [9.17, 15) is 0 Å². The molecule has 1 heterocycles. The predicted octanol–water partition coefficient (Wildman–Crippen LogP) is 3.26. The van der Waals surface area contributed by atoms with Crippen LogP contribution < -0.4 is 9.80 Å².